The second-order valence-corrected chi connectivity index (χ2v) is 15.0. The van der Waals surface area contributed by atoms with E-state index < -0.39 is 18.3 Å². The molecule has 11 nitrogen and oxygen atoms in total. The van der Waals surface area contributed by atoms with E-state index in [-0.39, 0.29) is 36.0 Å². The van der Waals surface area contributed by atoms with Crippen LogP contribution in [0, 0.1) is 18.8 Å². The van der Waals surface area contributed by atoms with Crippen molar-refractivity contribution in [3.63, 3.8) is 0 Å². The molecule has 2 aromatic carbocycles. The van der Waals surface area contributed by atoms with E-state index >= 15 is 0 Å². The topological polar surface area (TPSA) is 153 Å². The highest BCUT2D eigenvalue weighted by molar-refractivity contribution is 6.35. The molecule has 5 atom stereocenters. The van der Waals surface area contributed by atoms with Gasteiger partial charge in [-0.3, -0.25) is 14.4 Å². The molecule has 3 heterocycles. The molecule has 0 radical (unpaired) electrons. The molecule has 3 aliphatic rings. The summed E-state index contributed by atoms with van der Waals surface area (Å²) in [7, 11) is 0. The minimum absolute atomic E-state index is 0.122. The molecule has 11 heteroatoms. The Labute approximate surface area is 324 Å². The van der Waals surface area contributed by atoms with Crippen LogP contribution in [0.15, 0.2) is 60.7 Å². The van der Waals surface area contributed by atoms with E-state index in [1.165, 1.54) is 5.56 Å². The molecule has 1 aliphatic carbocycles. The Kier molecular flexibility index (Phi) is 13.6. The number of aryl methyl sites for hydroxylation is 2. The number of aromatic amines is 1. The molecule has 0 spiro atoms. The van der Waals surface area contributed by atoms with Gasteiger partial charge in [-0.15, -0.1) is 0 Å². The van der Waals surface area contributed by atoms with Gasteiger partial charge in [0.05, 0.1) is 23.5 Å². The number of H-pyrrole nitrogens is 1. The fourth-order valence-corrected chi connectivity index (χ4v) is 8.19. The molecule has 55 heavy (non-hydrogen) atoms. The fourth-order valence-electron chi connectivity index (χ4n) is 8.19. The van der Waals surface area contributed by atoms with Crippen molar-refractivity contribution >= 4 is 35.1 Å². The van der Waals surface area contributed by atoms with Crippen LogP contribution in [0.25, 0.3) is 11.6 Å². The Balaban J connectivity index is 1.33. The highest BCUT2D eigenvalue weighted by atomic mass is 16.5. The number of hydrogen-bond donors (Lipinski definition) is 5. The van der Waals surface area contributed by atoms with Crippen LogP contribution in [0.5, 0.6) is 11.5 Å². The molecule has 6 rings (SSSR count). The molecule has 5 N–H and O–H groups in total. The summed E-state index contributed by atoms with van der Waals surface area (Å²) in [5.41, 5.74) is 4.07. The average molecular weight is 753 g/mol. The third-order valence-electron chi connectivity index (χ3n) is 11.3. The van der Waals surface area contributed by atoms with Gasteiger partial charge < -0.3 is 40.2 Å². The first-order valence-corrected chi connectivity index (χ1v) is 20.0. The minimum Gasteiger partial charge on any atom is -0.487 e. The van der Waals surface area contributed by atoms with Crippen molar-refractivity contribution in [2.24, 2.45) is 11.8 Å². The van der Waals surface area contributed by atoms with E-state index in [0.29, 0.717) is 103 Å². The number of ether oxygens (including phenoxy) is 2. The summed E-state index contributed by atoms with van der Waals surface area (Å²) in [6, 6.07) is 15.2. The van der Waals surface area contributed by atoms with Gasteiger partial charge in [-0.1, -0.05) is 56.3 Å². The number of fused-ring (bicyclic) bond motifs is 3. The van der Waals surface area contributed by atoms with Crippen molar-refractivity contribution in [1.29, 1.82) is 0 Å². The number of aliphatic hydroxyl groups is 2. The number of aliphatic hydroxyl groups excluding tert-OH is 2. The lowest BCUT2D eigenvalue weighted by atomic mass is 9.85. The largest absolute Gasteiger partial charge is 0.487 e. The molecule has 0 saturated heterocycles. The number of nitrogens with zero attached hydrogens (tertiary/aromatic N) is 1. The zero-order valence-corrected chi connectivity index (χ0v) is 32.3. The molecular weight excluding hydrogens is 697 g/mol. The van der Waals surface area contributed by atoms with Gasteiger partial charge in [-0.2, -0.15) is 0 Å². The smallest absolute Gasteiger partial charge is 0.311 e. The van der Waals surface area contributed by atoms with Gasteiger partial charge >= 0.3 is 5.97 Å². The Morgan fingerprint density at radius 2 is 1.87 bits per heavy atom. The van der Waals surface area contributed by atoms with Crippen molar-refractivity contribution in [3.8, 4) is 11.5 Å². The van der Waals surface area contributed by atoms with Crippen LogP contribution in [0.4, 0.5) is 5.69 Å². The predicted octanol–water partition coefficient (Wildman–Crippen LogP) is 6.44. The van der Waals surface area contributed by atoms with Gasteiger partial charge in [0.25, 0.3) is 11.8 Å². The lowest BCUT2D eigenvalue weighted by molar-refractivity contribution is -0.134. The maximum atomic E-state index is 14.0. The van der Waals surface area contributed by atoms with E-state index in [9.17, 15) is 24.6 Å². The number of likely N-dealkylation sites (N-methyl/N-ethyl adjacent to an activating group) is 1. The highest BCUT2D eigenvalue weighted by Gasteiger charge is 2.44. The Morgan fingerprint density at radius 1 is 1.07 bits per heavy atom. The van der Waals surface area contributed by atoms with Crippen molar-refractivity contribution in [2.75, 3.05) is 31.5 Å². The summed E-state index contributed by atoms with van der Waals surface area (Å²) < 4.78 is 12.6. The van der Waals surface area contributed by atoms with Gasteiger partial charge in [0, 0.05) is 48.8 Å². The Morgan fingerprint density at radius 3 is 2.65 bits per heavy atom. The predicted molar refractivity (Wildman–Crippen MR) is 214 cm³/mol. The SMILES string of the molecule is CCN(CC)CCNC(=O)c1c(C)[nH]c2c1O[C@H]1C[C@@H](O)[C@H](CC[C@H](O)CCc3ccccc3)[C@H]1C/C=C\CCCC(=O)Oc1ccc3c(c1)C(=C2)C(=O)N3. The van der Waals surface area contributed by atoms with Gasteiger partial charge in [-0.25, -0.2) is 0 Å². The van der Waals surface area contributed by atoms with Crippen LogP contribution in [0.2, 0.25) is 0 Å². The third-order valence-corrected chi connectivity index (χ3v) is 11.3. The average Bonchev–Trinajstić information content (AvgIpc) is 3.77. The number of carbonyl (C=O) groups excluding carboxylic acids is 3. The van der Waals surface area contributed by atoms with E-state index in [0.717, 1.165) is 19.5 Å². The molecule has 2 amide bonds. The van der Waals surface area contributed by atoms with Gasteiger partial charge in [0.1, 0.15) is 17.4 Å². The van der Waals surface area contributed by atoms with Gasteiger partial charge in [-0.05, 0) is 101 Å². The van der Waals surface area contributed by atoms with Crippen molar-refractivity contribution in [1.82, 2.24) is 15.2 Å². The standard InChI is InChI=1S/C44H56N4O7/c1-4-48(5-2)24-23-45-44(53)41-28(3)46-37-26-35-34-25-31(20-22-36(34)47-43(35)52)54-40(51)16-12-7-6-11-15-33-32(38(50)27-39(33)55-42(37)41)21-19-30(49)18-17-29-13-9-8-10-14-29/h6,8-11,13-14,20,22,25-26,30,32-33,38-39,46,49-50H,4-5,7,12,15-19,21,23-24,27H2,1-3H3,(H,45,53)(H,47,52)/b11-6-,35-26?/t30-,32-,33-,38-,39+/m1/s1. The van der Waals surface area contributed by atoms with Crippen LogP contribution >= 0.6 is 0 Å². The molecule has 3 aromatic rings. The number of rotatable bonds is 12. The molecule has 2 aliphatic heterocycles. The van der Waals surface area contributed by atoms with Crippen LogP contribution in [0.3, 0.4) is 0 Å². The summed E-state index contributed by atoms with van der Waals surface area (Å²) in [5.74, 6) is -0.582. The highest BCUT2D eigenvalue weighted by Crippen LogP contribution is 2.44. The molecule has 1 saturated carbocycles. The minimum atomic E-state index is -0.673. The van der Waals surface area contributed by atoms with E-state index in [4.69, 9.17) is 9.47 Å². The van der Waals surface area contributed by atoms with E-state index in [2.05, 4.69) is 58.6 Å². The van der Waals surface area contributed by atoms with Crippen LogP contribution < -0.4 is 20.1 Å². The maximum absolute atomic E-state index is 14.0. The Bertz CT molecular complexity index is 1860. The number of aromatic nitrogens is 1. The molecule has 2 bridgehead atoms. The van der Waals surface area contributed by atoms with Crippen molar-refractivity contribution < 1.29 is 34.1 Å². The van der Waals surface area contributed by atoms with Gasteiger partial charge in [0.15, 0.2) is 5.75 Å². The fraction of sp³-hybridized carbons (Fsp3) is 0.477. The normalized spacial score (nSPS) is 22.3. The zero-order valence-electron chi connectivity index (χ0n) is 32.3. The van der Waals surface area contributed by atoms with E-state index in [1.54, 1.807) is 24.3 Å². The second-order valence-electron chi connectivity index (χ2n) is 15.0. The molecule has 294 valence electrons. The summed E-state index contributed by atoms with van der Waals surface area (Å²) in [4.78, 5) is 45.7. The van der Waals surface area contributed by atoms with Crippen LogP contribution in [-0.2, 0) is 16.0 Å². The zero-order chi connectivity index (χ0) is 38.9. The molecule has 0 unspecified atom stereocenters. The first kappa shape index (κ1) is 40.0. The number of carbonyl (C=O) groups is 3. The quantitative estimate of drug-likeness (QED) is 0.0806. The summed E-state index contributed by atoms with van der Waals surface area (Å²) in [6.45, 7) is 8.87. The van der Waals surface area contributed by atoms with Crippen LogP contribution in [0.1, 0.15) is 98.1 Å². The number of nitrogens with one attached hydrogen (secondary N) is 3. The van der Waals surface area contributed by atoms with Crippen molar-refractivity contribution in [2.45, 2.75) is 96.9 Å². The molecular formula is C44H56N4O7. The summed E-state index contributed by atoms with van der Waals surface area (Å²) in [5, 5.41) is 28.6. The lowest BCUT2D eigenvalue weighted by Crippen LogP contribution is -2.35. The summed E-state index contributed by atoms with van der Waals surface area (Å²) in [6.07, 6.45) is 9.24. The maximum Gasteiger partial charge on any atom is 0.311 e. The molecule has 1 aromatic heterocycles. The molecule has 1 fully saturated rings. The number of benzene rings is 2. The number of amides is 2. The third kappa shape index (κ3) is 9.94. The number of hydrogen-bond acceptors (Lipinski definition) is 8. The monoisotopic (exact) mass is 752 g/mol. The Hall–Kier alpha value is -4.71. The second kappa shape index (κ2) is 18.8. The summed E-state index contributed by atoms with van der Waals surface area (Å²) >= 11 is 0. The number of anilines is 1. The first-order valence-electron chi connectivity index (χ1n) is 20.0. The number of allylic oxidation sites excluding steroid dienone is 2. The van der Waals surface area contributed by atoms with Crippen molar-refractivity contribution in [3.05, 3.63) is 88.8 Å². The number of esters is 1. The first-order chi connectivity index (χ1) is 26.6. The van der Waals surface area contributed by atoms with Gasteiger partial charge in [0.2, 0.25) is 0 Å². The van der Waals surface area contributed by atoms with Crippen LogP contribution in [-0.4, -0.2) is 82.4 Å². The van der Waals surface area contributed by atoms with E-state index in [1.807, 2.05) is 25.1 Å². The lowest BCUT2D eigenvalue weighted by Gasteiger charge is -2.26.